The van der Waals surface area contributed by atoms with E-state index in [1.54, 1.807) is 13.2 Å². The van der Waals surface area contributed by atoms with Gasteiger partial charge in [0, 0.05) is 10.9 Å². The number of aromatic amines is 1. The van der Waals surface area contributed by atoms with Crippen LogP contribution in [0, 0.1) is 0 Å². The number of benzene rings is 2. The fourth-order valence-electron chi connectivity index (χ4n) is 2.22. The Morgan fingerprint density at radius 3 is 2.67 bits per heavy atom. The Kier molecular flexibility index (Phi) is 3.60. The van der Waals surface area contributed by atoms with E-state index in [2.05, 4.69) is 4.98 Å². The number of ether oxygens (including phenoxy) is 2. The number of aromatic nitrogens is 1. The van der Waals surface area contributed by atoms with E-state index in [1.807, 2.05) is 48.5 Å². The number of fused-ring (bicyclic) bond motifs is 1. The van der Waals surface area contributed by atoms with Crippen LogP contribution >= 0.6 is 0 Å². The van der Waals surface area contributed by atoms with Gasteiger partial charge in [0.25, 0.3) is 0 Å². The first-order valence-corrected chi connectivity index (χ1v) is 6.64. The number of rotatable bonds is 4. The van der Waals surface area contributed by atoms with E-state index in [9.17, 15) is 4.79 Å². The van der Waals surface area contributed by atoms with Crippen molar-refractivity contribution in [1.82, 2.24) is 4.98 Å². The minimum absolute atomic E-state index is 0.256. The number of carbonyl (C=O) groups excluding carboxylic acids is 1. The van der Waals surface area contributed by atoms with Gasteiger partial charge in [0.05, 0.1) is 7.11 Å². The van der Waals surface area contributed by atoms with Crippen LogP contribution in [0.1, 0.15) is 16.1 Å². The van der Waals surface area contributed by atoms with Crippen molar-refractivity contribution < 1.29 is 14.3 Å². The number of esters is 1. The average molecular weight is 281 g/mol. The van der Waals surface area contributed by atoms with E-state index in [0.717, 1.165) is 22.2 Å². The number of hydrogen-bond donors (Lipinski definition) is 1. The Hall–Kier alpha value is -2.75. The van der Waals surface area contributed by atoms with Gasteiger partial charge < -0.3 is 14.5 Å². The van der Waals surface area contributed by atoms with Crippen LogP contribution in [-0.2, 0) is 11.3 Å². The van der Waals surface area contributed by atoms with Gasteiger partial charge >= 0.3 is 5.97 Å². The van der Waals surface area contributed by atoms with Crippen molar-refractivity contribution in [3.63, 3.8) is 0 Å². The highest BCUT2D eigenvalue weighted by molar-refractivity contribution is 5.97. The topological polar surface area (TPSA) is 51.3 Å². The first kappa shape index (κ1) is 13.2. The summed E-state index contributed by atoms with van der Waals surface area (Å²) in [5.41, 5.74) is 2.23. The zero-order chi connectivity index (χ0) is 14.7. The van der Waals surface area contributed by atoms with Crippen molar-refractivity contribution in [2.75, 3.05) is 7.11 Å². The molecule has 0 radical (unpaired) electrons. The van der Waals surface area contributed by atoms with Crippen molar-refractivity contribution in [2.45, 2.75) is 6.61 Å². The highest BCUT2D eigenvalue weighted by Gasteiger charge is 2.13. The minimum atomic E-state index is -0.378. The van der Waals surface area contributed by atoms with Crippen LogP contribution in [0.3, 0.4) is 0 Å². The molecule has 1 aromatic heterocycles. The van der Waals surface area contributed by atoms with E-state index in [0.29, 0.717) is 5.69 Å². The molecule has 0 bridgehead atoms. The molecule has 1 N–H and O–H groups in total. The first-order chi connectivity index (χ1) is 10.3. The summed E-state index contributed by atoms with van der Waals surface area (Å²) in [6.45, 7) is 0.256. The molecule has 0 unspecified atom stereocenters. The van der Waals surface area contributed by atoms with Gasteiger partial charge in [0.1, 0.15) is 18.1 Å². The summed E-state index contributed by atoms with van der Waals surface area (Å²) >= 11 is 0. The zero-order valence-corrected chi connectivity index (χ0v) is 11.6. The standard InChI is InChI=1S/C17H15NO3/c1-20-16-9-5-8-14-13(16)10-15(18-14)17(19)21-11-12-6-3-2-4-7-12/h2-10,18H,11H2,1H3. The molecular weight excluding hydrogens is 266 g/mol. The molecule has 21 heavy (non-hydrogen) atoms. The van der Waals surface area contributed by atoms with Gasteiger partial charge in [-0.1, -0.05) is 36.4 Å². The van der Waals surface area contributed by atoms with Gasteiger partial charge in [-0.2, -0.15) is 0 Å². The smallest absolute Gasteiger partial charge is 0.355 e. The molecule has 0 aliphatic carbocycles. The maximum Gasteiger partial charge on any atom is 0.355 e. The summed E-state index contributed by atoms with van der Waals surface area (Å²) in [6.07, 6.45) is 0. The second-order valence-corrected chi connectivity index (χ2v) is 4.67. The molecule has 3 rings (SSSR count). The number of methoxy groups -OCH3 is 1. The van der Waals surface area contributed by atoms with Gasteiger partial charge in [0.15, 0.2) is 0 Å². The molecule has 0 saturated heterocycles. The van der Waals surface area contributed by atoms with E-state index >= 15 is 0 Å². The van der Waals surface area contributed by atoms with Crippen molar-refractivity contribution in [3.8, 4) is 5.75 Å². The van der Waals surface area contributed by atoms with Gasteiger partial charge in [-0.15, -0.1) is 0 Å². The number of carbonyl (C=O) groups is 1. The predicted molar refractivity (Wildman–Crippen MR) is 80.4 cm³/mol. The maximum absolute atomic E-state index is 12.1. The normalized spacial score (nSPS) is 10.5. The molecule has 0 amide bonds. The van der Waals surface area contributed by atoms with E-state index in [1.165, 1.54) is 0 Å². The number of nitrogens with one attached hydrogen (secondary N) is 1. The summed E-state index contributed by atoms with van der Waals surface area (Å²) in [5, 5.41) is 0.867. The van der Waals surface area contributed by atoms with E-state index < -0.39 is 0 Å². The molecule has 4 nitrogen and oxygen atoms in total. The number of hydrogen-bond acceptors (Lipinski definition) is 3. The van der Waals surface area contributed by atoms with Crippen molar-refractivity contribution in [3.05, 3.63) is 65.9 Å². The molecule has 0 spiro atoms. The molecule has 106 valence electrons. The molecule has 3 aromatic rings. The highest BCUT2D eigenvalue weighted by atomic mass is 16.5. The quantitative estimate of drug-likeness (QED) is 0.744. The Balaban J connectivity index is 1.79. The van der Waals surface area contributed by atoms with Gasteiger partial charge in [-0.3, -0.25) is 0 Å². The van der Waals surface area contributed by atoms with Crippen molar-refractivity contribution >= 4 is 16.9 Å². The third-order valence-corrected chi connectivity index (χ3v) is 3.28. The van der Waals surface area contributed by atoms with Crippen LogP contribution in [0.2, 0.25) is 0 Å². The molecule has 0 aliphatic heterocycles. The molecule has 0 atom stereocenters. The highest BCUT2D eigenvalue weighted by Crippen LogP contribution is 2.26. The third-order valence-electron chi connectivity index (χ3n) is 3.28. The Morgan fingerprint density at radius 1 is 1.10 bits per heavy atom. The lowest BCUT2D eigenvalue weighted by molar-refractivity contribution is 0.0467. The second kappa shape index (κ2) is 5.71. The van der Waals surface area contributed by atoms with E-state index in [-0.39, 0.29) is 12.6 Å². The summed E-state index contributed by atoms with van der Waals surface area (Å²) in [5.74, 6) is 0.350. The van der Waals surface area contributed by atoms with Crippen molar-refractivity contribution in [1.29, 1.82) is 0 Å². The summed E-state index contributed by atoms with van der Waals surface area (Å²) in [6, 6.07) is 17.0. The van der Waals surface area contributed by atoms with E-state index in [4.69, 9.17) is 9.47 Å². The first-order valence-electron chi connectivity index (χ1n) is 6.64. The largest absolute Gasteiger partial charge is 0.496 e. The Labute approximate surface area is 122 Å². The van der Waals surface area contributed by atoms with Crippen LogP contribution in [0.4, 0.5) is 0 Å². The van der Waals surface area contributed by atoms with Crippen LogP contribution in [0.25, 0.3) is 10.9 Å². The summed E-state index contributed by atoms with van der Waals surface area (Å²) < 4.78 is 10.6. The molecule has 1 heterocycles. The lowest BCUT2D eigenvalue weighted by atomic mass is 10.2. The van der Waals surface area contributed by atoms with Crippen LogP contribution in [0.15, 0.2) is 54.6 Å². The van der Waals surface area contributed by atoms with Crippen LogP contribution < -0.4 is 4.74 Å². The van der Waals surface area contributed by atoms with Crippen LogP contribution in [0.5, 0.6) is 5.75 Å². The minimum Gasteiger partial charge on any atom is -0.496 e. The summed E-state index contributed by atoms with van der Waals surface area (Å²) in [4.78, 5) is 15.1. The molecule has 4 heteroatoms. The fraction of sp³-hybridized carbons (Fsp3) is 0.118. The average Bonchev–Trinajstić information content (AvgIpc) is 2.97. The van der Waals surface area contributed by atoms with Gasteiger partial charge in [0.2, 0.25) is 0 Å². The molecular formula is C17H15NO3. The van der Waals surface area contributed by atoms with Crippen molar-refractivity contribution in [2.24, 2.45) is 0 Å². The Morgan fingerprint density at radius 2 is 1.90 bits per heavy atom. The van der Waals surface area contributed by atoms with Gasteiger partial charge in [-0.05, 0) is 23.8 Å². The third kappa shape index (κ3) is 2.74. The summed E-state index contributed by atoms with van der Waals surface area (Å²) in [7, 11) is 1.61. The fourth-order valence-corrected chi connectivity index (χ4v) is 2.22. The zero-order valence-electron chi connectivity index (χ0n) is 11.6. The molecule has 0 fully saturated rings. The lowest BCUT2D eigenvalue weighted by Gasteiger charge is -2.02. The molecule has 2 aromatic carbocycles. The second-order valence-electron chi connectivity index (χ2n) is 4.67. The maximum atomic E-state index is 12.1. The Bertz CT molecular complexity index is 762. The number of H-pyrrole nitrogens is 1. The predicted octanol–water partition coefficient (Wildman–Crippen LogP) is 3.53. The molecule has 0 aliphatic rings. The van der Waals surface area contributed by atoms with Crippen LogP contribution in [-0.4, -0.2) is 18.1 Å². The molecule has 0 saturated carbocycles. The SMILES string of the molecule is COc1cccc2[nH]c(C(=O)OCc3ccccc3)cc12. The monoisotopic (exact) mass is 281 g/mol. The lowest BCUT2D eigenvalue weighted by Crippen LogP contribution is -2.05. The van der Waals surface area contributed by atoms with Gasteiger partial charge in [-0.25, -0.2) is 4.79 Å².